The summed E-state index contributed by atoms with van der Waals surface area (Å²) in [6, 6.07) is 22.0. The number of ether oxygens (including phenoxy) is 2. The molecule has 0 bridgehead atoms. The molecule has 0 fully saturated rings. The van der Waals surface area contributed by atoms with Gasteiger partial charge in [0.05, 0.1) is 6.21 Å². The number of hydrogen-bond donors (Lipinski definition) is 2. The number of hydrazone groups is 1. The summed E-state index contributed by atoms with van der Waals surface area (Å²) < 4.78 is 10.8. The minimum Gasteiger partial charge on any atom is -0.454 e. The van der Waals surface area contributed by atoms with Gasteiger partial charge in [-0.3, -0.25) is 9.59 Å². The van der Waals surface area contributed by atoms with Gasteiger partial charge in [-0.1, -0.05) is 50.2 Å². The van der Waals surface area contributed by atoms with Crippen LogP contribution < -0.4 is 25.1 Å². The molecule has 3 aromatic rings. The Kier molecular flexibility index (Phi) is 9.12. The summed E-state index contributed by atoms with van der Waals surface area (Å²) in [5.74, 6) is 0.239. The molecule has 0 atom stereocenters. The summed E-state index contributed by atoms with van der Waals surface area (Å²) in [4.78, 5) is 28.2. The highest BCUT2D eigenvalue weighted by Crippen LogP contribution is 2.33. The van der Waals surface area contributed by atoms with E-state index in [-0.39, 0.29) is 12.5 Å². The molecule has 0 unspecified atom stereocenters. The van der Waals surface area contributed by atoms with Crippen LogP contribution in [0.2, 0.25) is 0 Å². The van der Waals surface area contributed by atoms with E-state index in [0.29, 0.717) is 22.6 Å². The smallest absolute Gasteiger partial charge is 0.287 e. The Morgan fingerprint density at radius 3 is 2.29 bits per heavy atom. The number of fused-ring (bicyclic) bond motifs is 1. The van der Waals surface area contributed by atoms with Crippen molar-refractivity contribution in [3.05, 3.63) is 95.2 Å². The van der Waals surface area contributed by atoms with Gasteiger partial charge in [-0.2, -0.15) is 5.10 Å². The molecule has 0 aliphatic carbocycles. The van der Waals surface area contributed by atoms with Crippen LogP contribution in [0.4, 0.5) is 5.69 Å². The molecule has 1 aliphatic rings. The number of nitrogens with zero attached hydrogens (tertiary/aromatic N) is 2. The van der Waals surface area contributed by atoms with Crippen LogP contribution in [0.25, 0.3) is 6.08 Å². The fourth-order valence-electron chi connectivity index (χ4n) is 4.02. The second-order valence-corrected chi connectivity index (χ2v) is 8.77. The standard InChI is InChI=1S/C30H32N4O4/c1-3-16-34(17-4-2)25-13-10-22(11-14-25)20-31-33-30(36)26(32-29(35)24-8-6-5-7-9-24)18-23-12-15-27-28(19-23)38-21-37-27/h5-15,18-20H,3-4,16-17,21H2,1-2H3,(H,32,35)(H,33,36)/b26-18-,31-20+. The first-order chi connectivity index (χ1) is 18.6. The van der Waals surface area contributed by atoms with Crippen molar-refractivity contribution < 1.29 is 19.1 Å². The maximum atomic E-state index is 13.1. The maximum absolute atomic E-state index is 13.1. The number of amides is 2. The van der Waals surface area contributed by atoms with Gasteiger partial charge in [0.1, 0.15) is 5.70 Å². The molecule has 196 valence electrons. The van der Waals surface area contributed by atoms with Crippen molar-refractivity contribution in [2.75, 3.05) is 24.8 Å². The molecule has 4 rings (SSSR count). The highest BCUT2D eigenvalue weighted by Gasteiger charge is 2.17. The summed E-state index contributed by atoms with van der Waals surface area (Å²) in [5, 5.41) is 6.81. The predicted molar refractivity (Wildman–Crippen MR) is 149 cm³/mol. The first kappa shape index (κ1) is 26.5. The zero-order valence-corrected chi connectivity index (χ0v) is 21.6. The number of hydrogen-bond acceptors (Lipinski definition) is 6. The van der Waals surface area contributed by atoms with Crippen LogP contribution in [-0.2, 0) is 4.79 Å². The van der Waals surface area contributed by atoms with Gasteiger partial charge >= 0.3 is 0 Å². The number of anilines is 1. The van der Waals surface area contributed by atoms with E-state index in [9.17, 15) is 9.59 Å². The van der Waals surface area contributed by atoms with Crippen LogP contribution in [0, 0.1) is 0 Å². The van der Waals surface area contributed by atoms with E-state index in [1.165, 1.54) is 0 Å². The molecule has 38 heavy (non-hydrogen) atoms. The molecule has 2 amide bonds. The maximum Gasteiger partial charge on any atom is 0.287 e. The Balaban J connectivity index is 1.48. The quantitative estimate of drug-likeness (QED) is 0.215. The third-order valence-electron chi connectivity index (χ3n) is 5.86. The van der Waals surface area contributed by atoms with E-state index in [1.807, 2.05) is 18.2 Å². The Morgan fingerprint density at radius 1 is 0.895 bits per heavy atom. The van der Waals surface area contributed by atoms with Gasteiger partial charge in [0.2, 0.25) is 6.79 Å². The third-order valence-corrected chi connectivity index (χ3v) is 5.86. The average molecular weight is 513 g/mol. The molecule has 2 N–H and O–H groups in total. The van der Waals surface area contributed by atoms with Gasteiger partial charge in [0, 0.05) is 24.3 Å². The van der Waals surface area contributed by atoms with Crippen LogP contribution >= 0.6 is 0 Å². The van der Waals surface area contributed by atoms with Crippen LogP contribution in [0.1, 0.15) is 48.2 Å². The number of benzene rings is 3. The summed E-state index contributed by atoms with van der Waals surface area (Å²) in [7, 11) is 0. The predicted octanol–water partition coefficient (Wildman–Crippen LogP) is 4.96. The first-order valence-electron chi connectivity index (χ1n) is 12.7. The topological polar surface area (TPSA) is 92.3 Å². The molecular formula is C30H32N4O4. The molecule has 8 heteroatoms. The van der Waals surface area contributed by atoms with Crippen molar-refractivity contribution in [2.45, 2.75) is 26.7 Å². The van der Waals surface area contributed by atoms with Crippen molar-refractivity contribution in [3.63, 3.8) is 0 Å². The lowest BCUT2D eigenvalue weighted by atomic mass is 10.1. The molecule has 1 aliphatic heterocycles. The van der Waals surface area contributed by atoms with Gasteiger partial charge in [-0.15, -0.1) is 0 Å². The molecular weight excluding hydrogens is 480 g/mol. The zero-order valence-electron chi connectivity index (χ0n) is 21.6. The van der Waals surface area contributed by atoms with Crippen LogP contribution in [0.3, 0.4) is 0 Å². The molecule has 1 heterocycles. The summed E-state index contributed by atoms with van der Waals surface area (Å²) in [6.45, 7) is 6.49. The highest BCUT2D eigenvalue weighted by atomic mass is 16.7. The number of carbonyl (C=O) groups excluding carboxylic acids is 2. The van der Waals surface area contributed by atoms with Crippen molar-refractivity contribution in [1.82, 2.24) is 10.7 Å². The Hall–Kier alpha value is -4.59. The van der Waals surface area contributed by atoms with E-state index in [1.54, 1.807) is 54.8 Å². The van der Waals surface area contributed by atoms with Crippen LogP contribution in [0.5, 0.6) is 11.5 Å². The largest absolute Gasteiger partial charge is 0.454 e. The van der Waals surface area contributed by atoms with Gasteiger partial charge < -0.3 is 19.7 Å². The molecule has 0 spiro atoms. The molecule has 0 aromatic heterocycles. The zero-order chi connectivity index (χ0) is 26.7. The minimum atomic E-state index is -0.558. The van der Waals surface area contributed by atoms with Crippen molar-refractivity contribution >= 4 is 29.8 Å². The van der Waals surface area contributed by atoms with Crippen molar-refractivity contribution in [2.24, 2.45) is 5.10 Å². The van der Waals surface area contributed by atoms with Crippen LogP contribution in [-0.4, -0.2) is 37.9 Å². The molecule has 3 aromatic carbocycles. The van der Waals surface area contributed by atoms with Gasteiger partial charge in [-0.05, 0) is 66.4 Å². The number of rotatable bonds is 11. The first-order valence-corrected chi connectivity index (χ1v) is 12.7. The fourth-order valence-corrected chi connectivity index (χ4v) is 4.02. The van der Waals surface area contributed by atoms with Gasteiger partial charge in [-0.25, -0.2) is 5.43 Å². The second kappa shape index (κ2) is 13.1. The summed E-state index contributed by atoms with van der Waals surface area (Å²) in [5.41, 5.74) is 5.66. The van der Waals surface area contributed by atoms with E-state index in [4.69, 9.17) is 9.47 Å². The summed E-state index contributed by atoms with van der Waals surface area (Å²) >= 11 is 0. The lowest BCUT2D eigenvalue weighted by molar-refractivity contribution is -0.117. The monoisotopic (exact) mass is 512 g/mol. The normalized spacial score (nSPS) is 12.4. The average Bonchev–Trinajstić information content (AvgIpc) is 3.41. The molecule has 8 nitrogen and oxygen atoms in total. The third kappa shape index (κ3) is 7.00. The van der Waals surface area contributed by atoms with E-state index in [0.717, 1.165) is 37.2 Å². The molecule has 0 saturated heterocycles. The van der Waals surface area contributed by atoms with E-state index < -0.39 is 11.8 Å². The molecule has 0 saturated carbocycles. The van der Waals surface area contributed by atoms with Crippen molar-refractivity contribution in [3.8, 4) is 11.5 Å². The van der Waals surface area contributed by atoms with Gasteiger partial charge in [0.15, 0.2) is 11.5 Å². The Labute approximate surface area is 223 Å². The summed E-state index contributed by atoms with van der Waals surface area (Å²) in [6.07, 6.45) is 5.30. The lowest BCUT2D eigenvalue weighted by Crippen LogP contribution is -2.32. The fraction of sp³-hybridized carbons (Fsp3) is 0.233. The highest BCUT2D eigenvalue weighted by molar-refractivity contribution is 6.05. The number of carbonyl (C=O) groups is 2. The minimum absolute atomic E-state index is 0.0417. The van der Waals surface area contributed by atoms with Crippen molar-refractivity contribution in [1.29, 1.82) is 0 Å². The van der Waals surface area contributed by atoms with Crippen LogP contribution in [0.15, 0.2) is 83.6 Å². The van der Waals surface area contributed by atoms with E-state index >= 15 is 0 Å². The molecule has 0 radical (unpaired) electrons. The SMILES string of the molecule is CCCN(CCC)c1ccc(/C=N/NC(=O)/C(=C/c2ccc3c(c2)OCO3)NC(=O)c2ccccc2)cc1. The Morgan fingerprint density at radius 2 is 1.58 bits per heavy atom. The van der Waals surface area contributed by atoms with E-state index in [2.05, 4.69) is 46.7 Å². The number of nitrogens with one attached hydrogen (secondary N) is 2. The van der Waals surface area contributed by atoms with Gasteiger partial charge in [0.25, 0.3) is 11.8 Å². The lowest BCUT2D eigenvalue weighted by Gasteiger charge is -2.23. The second-order valence-electron chi connectivity index (χ2n) is 8.77. The Bertz CT molecular complexity index is 1300.